The van der Waals surface area contributed by atoms with Gasteiger partial charge in [-0.25, -0.2) is 0 Å². The van der Waals surface area contributed by atoms with Gasteiger partial charge in [0, 0.05) is 28.1 Å². The number of hydrogen-bond acceptors (Lipinski definition) is 3. The Morgan fingerprint density at radius 3 is 2.88 bits per heavy atom. The van der Waals surface area contributed by atoms with Gasteiger partial charge in [-0.1, -0.05) is 0 Å². The lowest BCUT2D eigenvalue weighted by Crippen LogP contribution is -2.16. The van der Waals surface area contributed by atoms with Crippen molar-refractivity contribution in [1.29, 1.82) is 0 Å². The molecular formula is C10H12Br2N2O2. The fraction of sp³-hybridized carbons (Fsp3) is 0.400. The number of nitrogens with one attached hydrogen (secondary N) is 1. The quantitative estimate of drug-likeness (QED) is 0.773. The minimum absolute atomic E-state index is 0.196. The fourth-order valence-electron chi connectivity index (χ4n) is 1.14. The number of carboxylic acid groups (broad SMARTS) is 1. The first-order chi connectivity index (χ1) is 7.59. The van der Waals surface area contributed by atoms with Crippen molar-refractivity contribution in [2.75, 3.05) is 6.54 Å². The normalized spacial score (nSPS) is 10.4. The molecule has 0 unspecified atom stereocenters. The molecular weight excluding hydrogens is 340 g/mol. The van der Waals surface area contributed by atoms with Crippen molar-refractivity contribution in [3.05, 3.63) is 26.9 Å². The molecule has 0 spiro atoms. The first-order valence-corrected chi connectivity index (χ1v) is 6.40. The van der Waals surface area contributed by atoms with E-state index >= 15 is 0 Å². The molecule has 2 N–H and O–H groups in total. The highest BCUT2D eigenvalue weighted by Gasteiger charge is 2.02. The zero-order valence-electron chi connectivity index (χ0n) is 8.54. The van der Waals surface area contributed by atoms with Gasteiger partial charge in [-0.3, -0.25) is 9.78 Å². The summed E-state index contributed by atoms with van der Waals surface area (Å²) in [6.45, 7) is 1.31. The molecule has 1 rings (SSSR count). The Morgan fingerprint density at radius 2 is 2.25 bits per heavy atom. The molecule has 0 aliphatic heterocycles. The SMILES string of the molecule is O=C(O)CCCNCc1ncc(Br)cc1Br. The molecule has 0 saturated carbocycles. The van der Waals surface area contributed by atoms with Crippen LogP contribution in [0.5, 0.6) is 0 Å². The van der Waals surface area contributed by atoms with Crippen molar-refractivity contribution >= 4 is 37.8 Å². The van der Waals surface area contributed by atoms with Crippen molar-refractivity contribution in [3.63, 3.8) is 0 Å². The lowest BCUT2D eigenvalue weighted by molar-refractivity contribution is -0.137. The van der Waals surface area contributed by atoms with Gasteiger partial charge >= 0.3 is 5.97 Å². The lowest BCUT2D eigenvalue weighted by atomic mass is 10.3. The van der Waals surface area contributed by atoms with E-state index in [4.69, 9.17) is 5.11 Å². The molecule has 1 aromatic heterocycles. The van der Waals surface area contributed by atoms with E-state index in [9.17, 15) is 4.79 Å². The van der Waals surface area contributed by atoms with E-state index in [2.05, 4.69) is 42.2 Å². The zero-order valence-corrected chi connectivity index (χ0v) is 11.7. The maximum Gasteiger partial charge on any atom is 0.303 e. The Balaban J connectivity index is 2.29. The molecule has 0 bridgehead atoms. The Kier molecular flexibility index (Phi) is 5.94. The molecule has 0 atom stereocenters. The summed E-state index contributed by atoms with van der Waals surface area (Å²) in [5.74, 6) is -0.759. The van der Waals surface area contributed by atoms with Crippen LogP contribution in [0, 0.1) is 0 Å². The summed E-state index contributed by atoms with van der Waals surface area (Å²) < 4.78 is 1.86. The Hall–Kier alpha value is -0.460. The third kappa shape index (κ3) is 5.05. The summed E-state index contributed by atoms with van der Waals surface area (Å²) in [6.07, 6.45) is 2.56. The van der Waals surface area contributed by atoms with Crippen LogP contribution in [0.25, 0.3) is 0 Å². The minimum atomic E-state index is -0.759. The molecule has 0 aliphatic rings. The number of nitrogens with zero attached hydrogens (tertiary/aromatic N) is 1. The largest absolute Gasteiger partial charge is 0.481 e. The molecule has 0 saturated heterocycles. The van der Waals surface area contributed by atoms with Crippen LogP contribution in [0.3, 0.4) is 0 Å². The lowest BCUT2D eigenvalue weighted by Gasteiger charge is -2.05. The van der Waals surface area contributed by atoms with Crippen LogP contribution in [0.2, 0.25) is 0 Å². The third-order valence-corrected chi connectivity index (χ3v) is 3.04. The summed E-state index contributed by atoms with van der Waals surface area (Å²) in [4.78, 5) is 14.5. The average molecular weight is 352 g/mol. The number of carbonyl (C=O) groups is 1. The van der Waals surface area contributed by atoms with Crippen LogP contribution in [0.4, 0.5) is 0 Å². The number of aromatic nitrogens is 1. The average Bonchev–Trinajstić information content (AvgIpc) is 2.20. The van der Waals surface area contributed by atoms with Gasteiger partial charge in [-0.2, -0.15) is 0 Å². The molecule has 4 nitrogen and oxygen atoms in total. The second-order valence-corrected chi connectivity index (χ2v) is 5.03. The number of carboxylic acids is 1. The summed E-state index contributed by atoms with van der Waals surface area (Å²) >= 11 is 6.74. The van der Waals surface area contributed by atoms with Crippen LogP contribution < -0.4 is 5.32 Å². The molecule has 0 aromatic carbocycles. The van der Waals surface area contributed by atoms with Crippen LogP contribution >= 0.6 is 31.9 Å². The van der Waals surface area contributed by atoms with Crippen molar-refractivity contribution in [2.45, 2.75) is 19.4 Å². The highest BCUT2D eigenvalue weighted by molar-refractivity contribution is 9.11. The summed E-state index contributed by atoms with van der Waals surface area (Å²) in [7, 11) is 0. The third-order valence-electron chi connectivity index (χ3n) is 1.92. The van der Waals surface area contributed by atoms with Gasteiger partial charge in [0.25, 0.3) is 0 Å². The molecule has 0 aliphatic carbocycles. The van der Waals surface area contributed by atoms with Gasteiger partial charge in [-0.05, 0) is 50.9 Å². The van der Waals surface area contributed by atoms with E-state index in [0.717, 1.165) is 14.6 Å². The number of hydrogen-bond donors (Lipinski definition) is 2. The van der Waals surface area contributed by atoms with Gasteiger partial charge < -0.3 is 10.4 Å². The van der Waals surface area contributed by atoms with Gasteiger partial charge in [0.1, 0.15) is 0 Å². The van der Waals surface area contributed by atoms with Crippen LogP contribution in [-0.4, -0.2) is 22.6 Å². The molecule has 0 radical (unpaired) electrons. The van der Waals surface area contributed by atoms with Crippen molar-refractivity contribution in [2.24, 2.45) is 0 Å². The van der Waals surface area contributed by atoms with Crippen LogP contribution in [0.1, 0.15) is 18.5 Å². The monoisotopic (exact) mass is 350 g/mol. The predicted molar refractivity (Wildman–Crippen MR) is 68.2 cm³/mol. The van der Waals surface area contributed by atoms with Crippen molar-refractivity contribution in [3.8, 4) is 0 Å². The molecule has 88 valence electrons. The number of pyridine rings is 1. The van der Waals surface area contributed by atoms with Crippen LogP contribution in [-0.2, 0) is 11.3 Å². The van der Waals surface area contributed by atoms with E-state index in [-0.39, 0.29) is 6.42 Å². The zero-order chi connectivity index (χ0) is 12.0. The van der Waals surface area contributed by atoms with E-state index in [1.807, 2.05) is 6.07 Å². The molecule has 16 heavy (non-hydrogen) atoms. The van der Waals surface area contributed by atoms with Crippen LogP contribution in [0.15, 0.2) is 21.2 Å². The van der Waals surface area contributed by atoms with Gasteiger partial charge in [0.05, 0.1) is 5.69 Å². The maximum absolute atomic E-state index is 10.3. The summed E-state index contributed by atoms with van der Waals surface area (Å²) in [6, 6.07) is 1.93. The molecule has 6 heteroatoms. The Bertz CT molecular complexity index is 372. The van der Waals surface area contributed by atoms with Gasteiger partial charge in [-0.15, -0.1) is 0 Å². The van der Waals surface area contributed by atoms with Gasteiger partial charge in [0.15, 0.2) is 0 Å². The van der Waals surface area contributed by atoms with Crippen molar-refractivity contribution < 1.29 is 9.90 Å². The number of aliphatic carboxylic acids is 1. The molecule has 1 aromatic rings. The second kappa shape index (κ2) is 6.98. The van der Waals surface area contributed by atoms with E-state index < -0.39 is 5.97 Å². The molecule has 0 fully saturated rings. The van der Waals surface area contributed by atoms with Gasteiger partial charge in [0.2, 0.25) is 0 Å². The highest BCUT2D eigenvalue weighted by Crippen LogP contribution is 2.19. The maximum atomic E-state index is 10.3. The minimum Gasteiger partial charge on any atom is -0.481 e. The first kappa shape index (κ1) is 13.6. The first-order valence-electron chi connectivity index (χ1n) is 4.82. The smallest absolute Gasteiger partial charge is 0.303 e. The second-order valence-electron chi connectivity index (χ2n) is 3.26. The standard InChI is InChI=1S/C10H12Br2N2O2/c11-7-4-8(12)9(14-5-7)6-13-3-1-2-10(15)16/h4-5,13H,1-3,6H2,(H,15,16). The topological polar surface area (TPSA) is 62.2 Å². The number of halogens is 2. The highest BCUT2D eigenvalue weighted by atomic mass is 79.9. The van der Waals surface area contributed by atoms with E-state index in [1.54, 1.807) is 6.20 Å². The summed E-state index contributed by atoms with van der Waals surface area (Å²) in [5.41, 5.74) is 0.915. The summed E-state index contributed by atoms with van der Waals surface area (Å²) in [5, 5.41) is 11.6. The fourth-order valence-corrected chi connectivity index (χ4v) is 2.27. The Labute approximate surface area is 111 Å². The van der Waals surface area contributed by atoms with E-state index in [1.165, 1.54) is 0 Å². The number of rotatable bonds is 6. The van der Waals surface area contributed by atoms with E-state index in [0.29, 0.717) is 19.5 Å². The van der Waals surface area contributed by atoms with Crippen molar-refractivity contribution in [1.82, 2.24) is 10.3 Å². The Morgan fingerprint density at radius 1 is 1.50 bits per heavy atom. The predicted octanol–water partition coefficient (Wildman–Crippen LogP) is 2.56. The molecule has 0 amide bonds. The molecule has 1 heterocycles.